The molecule has 1 aromatic rings. The number of benzene rings is 1. The minimum absolute atomic E-state index is 0.473. The van der Waals surface area contributed by atoms with Gasteiger partial charge in [-0.15, -0.1) is 0 Å². The average Bonchev–Trinajstić information content (AvgIpc) is 2.90. The van der Waals surface area contributed by atoms with E-state index in [-0.39, 0.29) is 0 Å². The maximum Gasteiger partial charge on any atom is 0.106 e. The van der Waals surface area contributed by atoms with Crippen LogP contribution < -0.4 is 0 Å². The minimum atomic E-state index is 0.473. The van der Waals surface area contributed by atoms with Crippen molar-refractivity contribution in [2.24, 2.45) is 22.9 Å². The SMILES string of the molecule is CCC(=NOC)[C@@H]1[C@@H]2CCC(C2)C[C@@H]1c1ccc(Cl)c(Cl)c1. The number of rotatable bonds is 4. The second-order valence-corrected chi connectivity index (χ2v) is 7.41. The number of oxime groups is 1. The molecule has 0 saturated heterocycles. The molecule has 2 aliphatic rings. The molecule has 0 amide bonds. The zero-order valence-electron chi connectivity index (χ0n) is 13.2. The molecule has 2 fully saturated rings. The Hall–Kier alpha value is -0.730. The molecular weight excluding hydrogens is 317 g/mol. The second kappa shape index (κ2) is 6.80. The van der Waals surface area contributed by atoms with Crippen molar-refractivity contribution in [2.45, 2.75) is 44.9 Å². The Morgan fingerprint density at radius 3 is 2.73 bits per heavy atom. The summed E-state index contributed by atoms with van der Waals surface area (Å²) in [5, 5.41) is 5.63. The molecule has 0 radical (unpaired) electrons. The fourth-order valence-electron chi connectivity index (χ4n) is 4.56. The molecule has 2 nitrogen and oxygen atoms in total. The first-order valence-electron chi connectivity index (χ1n) is 8.18. The van der Waals surface area contributed by atoms with Crippen LogP contribution in [0.1, 0.15) is 50.5 Å². The molecule has 2 bridgehead atoms. The quantitative estimate of drug-likeness (QED) is 0.492. The molecule has 120 valence electrons. The number of halogens is 2. The third-order valence-corrected chi connectivity index (χ3v) is 6.18. The van der Waals surface area contributed by atoms with Gasteiger partial charge < -0.3 is 4.84 Å². The molecule has 0 aromatic heterocycles. The first kappa shape index (κ1) is 16.1. The number of hydrogen-bond acceptors (Lipinski definition) is 2. The van der Waals surface area contributed by atoms with E-state index in [0.29, 0.717) is 21.9 Å². The number of hydrogen-bond donors (Lipinski definition) is 0. The van der Waals surface area contributed by atoms with Crippen molar-refractivity contribution in [3.63, 3.8) is 0 Å². The molecular formula is C18H23Cl2NO. The predicted molar refractivity (Wildman–Crippen MR) is 92.9 cm³/mol. The lowest BCUT2D eigenvalue weighted by Gasteiger charge is -2.37. The van der Waals surface area contributed by atoms with Crippen LogP contribution in [0.3, 0.4) is 0 Å². The van der Waals surface area contributed by atoms with E-state index < -0.39 is 0 Å². The standard InChI is InChI=1S/C18H23Cl2NO/c1-3-17(21-22-2)18-13-5-4-11(8-13)9-14(18)12-6-7-15(19)16(20)10-12/h6-7,10-11,13-14,18H,3-5,8-9H2,1-2H3/t11?,13-,14-,18-/m1/s1. The third kappa shape index (κ3) is 3.00. The molecule has 4 atom stereocenters. The molecule has 2 saturated carbocycles. The van der Waals surface area contributed by atoms with Gasteiger partial charge in [0.2, 0.25) is 0 Å². The van der Waals surface area contributed by atoms with E-state index in [1.165, 1.54) is 37.0 Å². The lowest BCUT2D eigenvalue weighted by atomic mass is 9.67. The Bertz CT molecular complexity index is 572. The van der Waals surface area contributed by atoms with Crippen LogP contribution in [0.25, 0.3) is 0 Å². The molecule has 1 aromatic carbocycles. The highest BCUT2D eigenvalue weighted by Crippen LogP contribution is 2.53. The van der Waals surface area contributed by atoms with Crippen molar-refractivity contribution < 1.29 is 4.84 Å². The molecule has 1 unspecified atom stereocenters. The third-order valence-electron chi connectivity index (χ3n) is 5.44. The summed E-state index contributed by atoms with van der Waals surface area (Å²) in [6.45, 7) is 2.17. The van der Waals surface area contributed by atoms with Crippen molar-refractivity contribution >= 4 is 28.9 Å². The van der Waals surface area contributed by atoms with Crippen LogP contribution >= 0.6 is 23.2 Å². The first-order valence-corrected chi connectivity index (χ1v) is 8.94. The maximum atomic E-state index is 6.26. The molecule has 4 heteroatoms. The molecule has 0 N–H and O–H groups in total. The Morgan fingerprint density at radius 2 is 2.05 bits per heavy atom. The van der Waals surface area contributed by atoms with E-state index in [2.05, 4.69) is 18.1 Å². The van der Waals surface area contributed by atoms with Crippen molar-refractivity contribution in [3.05, 3.63) is 33.8 Å². The van der Waals surface area contributed by atoms with E-state index >= 15 is 0 Å². The molecule has 0 heterocycles. The largest absolute Gasteiger partial charge is 0.399 e. The van der Waals surface area contributed by atoms with Gasteiger partial charge in [-0.25, -0.2) is 0 Å². The normalized spacial score (nSPS) is 31.4. The van der Waals surface area contributed by atoms with Crippen molar-refractivity contribution in [2.75, 3.05) is 7.11 Å². The lowest BCUT2D eigenvalue weighted by molar-refractivity contribution is 0.200. The fraction of sp³-hybridized carbons (Fsp3) is 0.611. The van der Waals surface area contributed by atoms with Gasteiger partial charge in [-0.2, -0.15) is 0 Å². The van der Waals surface area contributed by atoms with Crippen LogP contribution in [0.5, 0.6) is 0 Å². The van der Waals surface area contributed by atoms with Gasteiger partial charge in [-0.1, -0.05) is 47.8 Å². The summed E-state index contributed by atoms with van der Waals surface area (Å²) in [5.74, 6) is 2.53. The molecule has 3 rings (SSSR count). The van der Waals surface area contributed by atoms with Crippen LogP contribution in [-0.2, 0) is 4.84 Å². The van der Waals surface area contributed by atoms with Crippen LogP contribution in [-0.4, -0.2) is 12.8 Å². The minimum Gasteiger partial charge on any atom is -0.399 e. The molecule has 0 spiro atoms. The van der Waals surface area contributed by atoms with E-state index in [1.807, 2.05) is 12.1 Å². The van der Waals surface area contributed by atoms with Crippen LogP contribution in [0.15, 0.2) is 23.4 Å². The number of nitrogens with zero attached hydrogens (tertiary/aromatic N) is 1. The van der Waals surface area contributed by atoms with Crippen molar-refractivity contribution in [1.29, 1.82) is 0 Å². The highest BCUT2D eigenvalue weighted by molar-refractivity contribution is 6.42. The topological polar surface area (TPSA) is 21.6 Å². The summed E-state index contributed by atoms with van der Waals surface area (Å²) in [7, 11) is 1.64. The van der Waals surface area contributed by atoms with Crippen LogP contribution in [0.4, 0.5) is 0 Å². The Morgan fingerprint density at radius 1 is 1.23 bits per heavy atom. The Balaban J connectivity index is 1.98. The van der Waals surface area contributed by atoms with E-state index in [1.54, 1.807) is 7.11 Å². The summed E-state index contributed by atoms with van der Waals surface area (Å²) in [6.07, 6.45) is 6.17. The predicted octanol–water partition coefficient (Wildman–Crippen LogP) is 5.93. The summed E-state index contributed by atoms with van der Waals surface area (Å²) in [6, 6.07) is 6.11. The van der Waals surface area contributed by atoms with E-state index in [9.17, 15) is 0 Å². The lowest BCUT2D eigenvalue weighted by Crippen LogP contribution is -2.32. The summed E-state index contributed by atoms with van der Waals surface area (Å²) < 4.78 is 0. The Kier molecular flexibility index (Phi) is 4.99. The van der Waals surface area contributed by atoms with Gasteiger partial charge in [0.05, 0.1) is 15.8 Å². The maximum absolute atomic E-state index is 6.26. The highest BCUT2D eigenvalue weighted by atomic mass is 35.5. The fourth-order valence-corrected chi connectivity index (χ4v) is 4.86. The van der Waals surface area contributed by atoms with Crippen molar-refractivity contribution in [1.82, 2.24) is 0 Å². The Labute approximate surface area is 142 Å². The van der Waals surface area contributed by atoms with Gasteiger partial charge in [0, 0.05) is 5.92 Å². The van der Waals surface area contributed by atoms with E-state index in [0.717, 1.165) is 18.3 Å². The molecule has 2 aliphatic carbocycles. The monoisotopic (exact) mass is 339 g/mol. The summed E-state index contributed by atoms with van der Waals surface area (Å²) >= 11 is 12.3. The van der Waals surface area contributed by atoms with Gasteiger partial charge in [-0.05, 0) is 61.1 Å². The smallest absolute Gasteiger partial charge is 0.106 e. The highest BCUT2D eigenvalue weighted by Gasteiger charge is 2.44. The summed E-state index contributed by atoms with van der Waals surface area (Å²) in [5.41, 5.74) is 2.50. The summed E-state index contributed by atoms with van der Waals surface area (Å²) in [4.78, 5) is 5.12. The van der Waals surface area contributed by atoms with Gasteiger partial charge >= 0.3 is 0 Å². The zero-order valence-corrected chi connectivity index (χ0v) is 14.7. The van der Waals surface area contributed by atoms with E-state index in [4.69, 9.17) is 28.0 Å². The second-order valence-electron chi connectivity index (χ2n) is 6.60. The molecule has 0 aliphatic heterocycles. The van der Waals surface area contributed by atoms with Gasteiger partial charge in [-0.3, -0.25) is 0 Å². The van der Waals surface area contributed by atoms with Crippen molar-refractivity contribution in [3.8, 4) is 0 Å². The zero-order chi connectivity index (χ0) is 15.7. The average molecular weight is 340 g/mol. The molecule has 22 heavy (non-hydrogen) atoms. The van der Waals surface area contributed by atoms with Crippen LogP contribution in [0, 0.1) is 17.8 Å². The first-order chi connectivity index (χ1) is 10.6. The van der Waals surface area contributed by atoms with Gasteiger partial charge in [0.15, 0.2) is 0 Å². The van der Waals surface area contributed by atoms with Gasteiger partial charge in [0.25, 0.3) is 0 Å². The van der Waals surface area contributed by atoms with Crippen LogP contribution in [0.2, 0.25) is 10.0 Å². The van der Waals surface area contributed by atoms with Gasteiger partial charge in [0.1, 0.15) is 7.11 Å². The number of fused-ring (bicyclic) bond motifs is 2.